The number of nitrogens with one attached hydrogen (secondary N) is 1. The lowest BCUT2D eigenvalue weighted by Gasteiger charge is -2.34. The minimum atomic E-state index is -0.0568. The number of nitrogens with zero attached hydrogens (tertiary/aromatic N) is 2. The molecular formula is C17H23N3OS2. The molecule has 0 spiro atoms. The van der Waals surface area contributed by atoms with Crippen LogP contribution in [0.25, 0.3) is 0 Å². The number of anilines is 1. The second kappa shape index (κ2) is 7.11. The Hall–Kier alpha value is -1.24. The van der Waals surface area contributed by atoms with Crippen molar-refractivity contribution in [1.82, 2.24) is 9.88 Å². The quantitative estimate of drug-likeness (QED) is 0.898. The number of rotatable bonds is 4. The average Bonchev–Trinajstić information content (AvgIpc) is 3.07. The van der Waals surface area contributed by atoms with Gasteiger partial charge in [-0.3, -0.25) is 15.0 Å². The Bertz CT molecular complexity index is 669. The molecule has 1 saturated heterocycles. The number of carbonyl (C=O) groups excluding carboxylic acids is 1. The zero-order valence-corrected chi connectivity index (χ0v) is 15.5. The molecular weight excluding hydrogens is 326 g/mol. The van der Waals surface area contributed by atoms with Gasteiger partial charge in [0, 0.05) is 25.0 Å². The molecule has 1 aliphatic heterocycles. The van der Waals surface area contributed by atoms with Gasteiger partial charge in [-0.25, -0.2) is 4.98 Å². The van der Waals surface area contributed by atoms with E-state index in [9.17, 15) is 4.79 Å². The third-order valence-corrected chi connectivity index (χ3v) is 5.99. The molecule has 0 aromatic carbocycles. The highest BCUT2D eigenvalue weighted by Gasteiger charge is 2.22. The first kappa shape index (κ1) is 16.6. The molecule has 124 valence electrons. The van der Waals surface area contributed by atoms with Gasteiger partial charge in [0.15, 0.2) is 5.13 Å². The highest BCUT2D eigenvalue weighted by atomic mass is 32.1. The lowest BCUT2D eigenvalue weighted by molar-refractivity contribution is 0.103. The molecule has 6 heteroatoms. The van der Waals surface area contributed by atoms with Crippen LogP contribution in [-0.2, 0) is 6.54 Å². The van der Waals surface area contributed by atoms with Crippen LogP contribution in [0.1, 0.15) is 41.2 Å². The van der Waals surface area contributed by atoms with Crippen molar-refractivity contribution in [3.05, 3.63) is 33.0 Å². The van der Waals surface area contributed by atoms with Gasteiger partial charge in [0.2, 0.25) is 0 Å². The van der Waals surface area contributed by atoms with Crippen molar-refractivity contribution in [2.45, 2.75) is 33.7 Å². The minimum absolute atomic E-state index is 0.0568. The van der Waals surface area contributed by atoms with E-state index in [-0.39, 0.29) is 5.91 Å². The summed E-state index contributed by atoms with van der Waals surface area (Å²) in [6.07, 6.45) is 1.31. The second-order valence-electron chi connectivity index (χ2n) is 6.67. The highest BCUT2D eigenvalue weighted by molar-refractivity contribution is 7.14. The Kier molecular flexibility index (Phi) is 5.14. The molecule has 2 aromatic rings. The Morgan fingerprint density at radius 2 is 2.09 bits per heavy atom. The molecule has 1 amide bonds. The number of thiophene rings is 1. The Balaban J connectivity index is 1.60. The molecule has 1 fully saturated rings. The maximum absolute atomic E-state index is 12.2. The van der Waals surface area contributed by atoms with E-state index in [0.29, 0.717) is 5.13 Å². The number of aryl methyl sites for hydroxylation is 1. The second-order valence-corrected chi connectivity index (χ2v) is 8.45. The van der Waals surface area contributed by atoms with E-state index in [1.165, 1.54) is 29.1 Å². The van der Waals surface area contributed by atoms with Crippen LogP contribution in [0.3, 0.4) is 0 Å². The smallest absolute Gasteiger partial charge is 0.267 e. The maximum atomic E-state index is 12.2. The molecule has 2 aromatic heterocycles. The zero-order chi connectivity index (χ0) is 16.4. The van der Waals surface area contributed by atoms with Crippen molar-refractivity contribution in [3.63, 3.8) is 0 Å². The number of hydrogen-bond donors (Lipinski definition) is 1. The van der Waals surface area contributed by atoms with Gasteiger partial charge in [-0.2, -0.15) is 0 Å². The number of aromatic nitrogens is 1. The summed E-state index contributed by atoms with van der Waals surface area (Å²) in [5.74, 6) is 1.44. The van der Waals surface area contributed by atoms with Gasteiger partial charge in [-0.15, -0.1) is 22.7 Å². The lowest BCUT2D eigenvalue weighted by atomic mass is 9.92. The summed E-state index contributed by atoms with van der Waals surface area (Å²) in [5.41, 5.74) is 2.06. The van der Waals surface area contributed by atoms with Gasteiger partial charge in [0.05, 0.1) is 10.6 Å². The standard InChI is InChI=1S/C17H23N3OS2/c1-11-6-12(2)8-20(7-11)9-14-10-23-17(18-14)19-16(21)15-13(3)4-5-22-15/h4-5,10-12H,6-9H2,1-3H3,(H,18,19,21). The summed E-state index contributed by atoms with van der Waals surface area (Å²) < 4.78 is 0. The number of thiazole rings is 1. The number of likely N-dealkylation sites (tertiary alicyclic amines) is 1. The molecule has 23 heavy (non-hydrogen) atoms. The fourth-order valence-electron chi connectivity index (χ4n) is 3.35. The molecule has 0 aliphatic carbocycles. The largest absolute Gasteiger partial charge is 0.297 e. The van der Waals surface area contributed by atoms with Crippen LogP contribution in [0.5, 0.6) is 0 Å². The number of amides is 1. The van der Waals surface area contributed by atoms with Crippen LogP contribution >= 0.6 is 22.7 Å². The molecule has 4 nitrogen and oxygen atoms in total. The average molecular weight is 350 g/mol. The van der Waals surface area contributed by atoms with Crippen LogP contribution in [0.15, 0.2) is 16.8 Å². The van der Waals surface area contributed by atoms with Crippen molar-refractivity contribution in [2.75, 3.05) is 18.4 Å². The molecule has 0 radical (unpaired) electrons. The molecule has 1 N–H and O–H groups in total. The Labute approximate surface area is 145 Å². The third-order valence-electron chi connectivity index (χ3n) is 4.17. The summed E-state index contributed by atoms with van der Waals surface area (Å²) in [7, 11) is 0. The summed E-state index contributed by atoms with van der Waals surface area (Å²) >= 11 is 2.98. The first-order chi connectivity index (χ1) is 11.0. The van der Waals surface area contributed by atoms with Gasteiger partial charge in [0.1, 0.15) is 0 Å². The molecule has 2 atom stereocenters. The van der Waals surface area contributed by atoms with Gasteiger partial charge < -0.3 is 0 Å². The van der Waals surface area contributed by atoms with Crippen molar-refractivity contribution >= 4 is 33.7 Å². The fourth-order valence-corrected chi connectivity index (χ4v) is 4.86. The molecule has 0 bridgehead atoms. The number of hydrogen-bond acceptors (Lipinski definition) is 5. The molecule has 2 unspecified atom stereocenters. The van der Waals surface area contributed by atoms with Crippen molar-refractivity contribution in [2.24, 2.45) is 11.8 Å². The molecule has 3 rings (SSSR count). The SMILES string of the molecule is Cc1ccsc1C(=O)Nc1nc(CN2CC(C)CC(C)C2)cs1. The summed E-state index contributed by atoms with van der Waals surface area (Å²) in [6.45, 7) is 9.74. The first-order valence-electron chi connectivity index (χ1n) is 8.03. The van der Waals surface area contributed by atoms with Crippen LogP contribution in [-0.4, -0.2) is 28.9 Å². The predicted octanol–water partition coefficient (Wildman–Crippen LogP) is 4.24. The fraction of sp³-hybridized carbons (Fsp3) is 0.529. The van der Waals surface area contributed by atoms with Gasteiger partial charge in [0.25, 0.3) is 5.91 Å². The van der Waals surface area contributed by atoms with E-state index in [1.54, 1.807) is 0 Å². The highest BCUT2D eigenvalue weighted by Crippen LogP contribution is 2.24. The predicted molar refractivity (Wildman–Crippen MR) is 97.3 cm³/mol. The van der Waals surface area contributed by atoms with Crippen molar-refractivity contribution < 1.29 is 4.79 Å². The van der Waals surface area contributed by atoms with Crippen LogP contribution < -0.4 is 5.32 Å². The molecule has 0 saturated carbocycles. The van der Waals surface area contributed by atoms with Crippen LogP contribution in [0, 0.1) is 18.8 Å². The topological polar surface area (TPSA) is 45.2 Å². The number of carbonyl (C=O) groups is 1. The van der Waals surface area contributed by atoms with E-state index >= 15 is 0 Å². The van der Waals surface area contributed by atoms with E-state index in [4.69, 9.17) is 0 Å². The van der Waals surface area contributed by atoms with E-state index in [0.717, 1.165) is 47.6 Å². The van der Waals surface area contributed by atoms with Crippen LogP contribution in [0.4, 0.5) is 5.13 Å². The van der Waals surface area contributed by atoms with Crippen molar-refractivity contribution in [3.8, 4) is 0 Å². The lowest BCUT2D eigenvalue weighted by Crippen LogP contribution is -2.38. The van der Waals surface area contributed by atoms with E-state index in [1.807, 2.05) is 18.4 Å². The number of piperidine rings is 1. The normalized spacial score (nSPS) is 22.2. The van der Waals surface area contributed by atoms with Gasteiger partial charge in [-0.1, -0.05) is 13.8 Å². The molecule has 1 aliphatic rings. The van der Waals surface area contributed by atoms with Gasteiger partial charge >= 0.3 is 0 Å². The summed E-state index contributed by atoms with van der Waals surface area (Å²) in [5, 5.41) is 7.61. The van der Waals surface area contributed by atoms with E-state index in [2.05, 4.69) is 34.4 Å². The molecule has 3 heterocycles. The van der Waals surface area contributed by atoms with Gasteiger partial charge in [-0.05, 0) is 42.2 Å². The summed E-state index contributed by atoms with van der Waals surface area (Å²) in [4.78, 5) is 20.1. The van der Waals surface area contributed by atoms with E-state index < -0.39 is 0 Å². The summed E-state index contributed by atoms with van der Waals surface area (Å²) in [6, 6.07) is 1.96. The zero-order valence-electron chi connectivity index (χ0n) is 13.8. The van der Waals surface area contributed by atoms with Crippen LogP contribution in [0.2, 0.25) is 0 Å². The Morgan fingerprint density at radius 1 is 1.35 bits per heavy atom. The van der Waals surface area contributed by atoms with Crippen molar-refractivity contribution in [1.29, 1.82) is 0 Å². The Morgan fingerprint density at radius 3 is 2.74 bits per heavy atom. The first-order valence-corrected chi connectivity index (χ1v) is 9.79. The minimum Gasteiger partial charge on any atom is -0.297 e. The third kappa shape index (κ3) is 4.19. The maximum Gasteiger partial charge on any atom is 0.267 e. The monoisotopic (exact) mass is 349 g/mol.